The van der Waals surface area contributed by atoms with E-state index in [-0.39, 0.29) is 44.6 Å². The average Bonchev–Trinajstić information content (AvgIpc) is 3.75. The number of carboxylic acids is 2. The van der Waals surface area contributed by atoms with Crippen LogP contribution in [0.5, 0.6) is 0 Å². The maximum absolute atomic E-state index is 14.0. The number of aliphatic carboxylic acids is 2. The number of aromatic amines is 1. The number of fused-ring (bicyclic) bond motifs is 1. The lowest BCUT2D eigenvalue weighted by Gasteiger charge is -2.30. The first kappa shape index (κ1) is 64.4. The molecule has 1 aromatic carbocycles. The Morgan fingerprint density at radius 3 is 1.53 bits per heavy atom. The average molecular weight is 1060 g/mol. The maximum Gasteiger partial charge on any atom is 0.326 e. The summed E-state index contributed by atoms with van der Waals surface area (Å²) in [6.07, 6.45) is -0.706. The maximum atomic E-state index is 14.0. The molecule has 8 amide bonds. The van der Waals surface area contributed by atoms with Crippen molar-refractivity contribution in [2.45, 2.75) is 180 Å². The molecule has 0 radical (unpaired) electrons. The molecule has 25 heteroatoms. The number of unbranched alkanes of at least 4 members (excludes halogenated alkanes) is 1. The van der Waals surface area contributed by atoms with Gasteiger partial charge in [-0.2, -0.15) is 0 Å². The fourth-order valence-electron chi connectivity index (χ4n) is 7.88. The van der Waals surface area contributed by atoms with E-state index >= 15 is 0 Å². The second kappa shape index (κ2) is 31.2. The molecule has 0 spiro atoms. The molecule has 420 valence electrons. The fraction of sp³-hybridized carbons (Fsp3) is 0.640. The minimum Gasteiger partial charge on any atom is -0.481 e. The Labute approximate surface area is 437 Å². The first-order valence-electron chi connectivity index (χ1n) is 25.4. The Bertz CT molecular complexity index is 2270. The summed E-state index contributed by atoms with van der Waals surface area (Å²) in [6, 6.07) is -5.32. The van der Waals surface area contributed by atoms with Gasteiger partial charge in [-0.15, -0.1) is 0 Å². The van der Waals surface area contributed by atoms with E-state index in [1.54, 1.807) is 33.9 Å². The predicted octanol–water partition coefficient (Wildman–Crippen LogP) is -1.48. The van der Waals surface area contributed by atoms with Gasteiger partial charge in [0.2, 0.25) is 47.3 Å². The number of aliphatic hydroxyl groups excluding tert-OH is 2. The molecule has 1 aromatic heterocycles. The van der Waals surface area contributed by atoms with Crippen molar-refractivity contribution < 1.29 is 68.4 Å². The summed E-state index contributed by atoms with van der Waals surface area (Å²) >= 11 is 0. The van der Waals surface area contributed by atoms with Crippen molar-refractivity contribution in [1.82, 2.24) is 47.5 Å². The van der Waals surface area contributed by atoms with E-state index in [1.165, 1.54) is 13.8 Å². The highest BCUT2D eigenvalue weighted by molar-refractivity contribution is 5.98. The molecule has 17 N–H and O–H groups in total. The third-order valence-electron chi connectivity index (χ3n) is 12.8. The van der Waals surface area contributed by atoms with Crippen LogP contribution in [0.4, 0.5) is 0 Å². The largest absolute Gasteiger partial charge is 0.481 e. The summed E-state index contributed by atoms with van der Waals surface area (Å²) < 4.78 is 0. The number of benzene rings is 1. The lowest BCUT2D eigenvalue weighted by molar-refractivity contribution is -0.148. The standard InChI is InChI=1S/C50H81N11O14/c1-10-25(5)38(59-45(69)35(20-24(3)4)56-43(67)32(52)21-30-23-53-33-17-13-12-16-31(30)33)46(70)54-27(7)42(66)60-40(28(8)62)48(72)55-34(18-14-15-19-51)44(68)58-39(26(6)11-2)47(71)61-41(29(9)63)49(73)57-36(50(74)75)22-37(64)65/h12-13,16-17,23-29,32,34-36,38-41,53,62-63H,10-11,14-15,18-22,51-52H2,1-9H3,(H,54,70)(H,55,72)(H,56,67)(H,57,73)(H,58,68)(H,59,69)(H,60,66)(H,61,71)(H,64,65)(H,74,75)/t25-,26-,27-,28+,29+,32-,34-,35-,36-,38-,39-,40-,41-/m0/s1. The van der Waals surface area contributed by atoms with Crippen LogP contribution in [0.15, 0.2) is 30.5 Å². The predicted molar refractivity (Wildman–Crippen MR) is 276 cm³/mol. The number of hydrogen-bond donors (Lipinski definition) is 15. The van der Waals surface area contributed by atoms with E-state index in [9.17, 15) is 63.3 Å². The zero-order valence-electron chi connectivity index (χ0n) is 44.4. The lowest BCUT2D eigenvalue weighted by atomic mass is 9.96. The first-order chi connectivity index (χ1) is 35.2. The van der Waals surface area contributed by atoms with E-state index in [0.717, 1.165) is 23.4 Å². The summed E-state index contributed by atoms with van der Waals surface area (Å²) in [6.45, 7) is 14.3. The van der Waals surface area contributed by atoms with Crippen LogP contribution in [-0.4, -0.2) is 158 Å². The third kappa shape index (κ3) is 20.5. The molecule has 0 bridgehead atoms. The third-order valence-corrected chi connectivity index (χ3v) is 12.8. The van der Waals surface area contributed by atoms with Crippen molar-refractivity contribution in [3.63, 3.8) is 0 Å². The van der Waals surface area contributed by atoms with Crippen molar-refractivity contribution in [3.05, 3.63) is 36.0 Å². The summed E-state index contributed by atoms with van der Waals surface area (Å²) in [5.74, 6) is -11.5. The van der Waals surface area contributed by atoms with Crippen molar-refractivity contribution in [1.29, 1.82) is 0 Å². The van der Waals surface area contributed by atoms with E-state index in [4.69, 9.17) is 16.6 Å². The van der Waals surface area contributed by atoms with Gasteiger partial charge in [0.25, 0.3) is 0 Å². The number of hydrogen-bond acceptors (Lipinski definition) is 14. The van der Waals surface area contributed by atoms with Crippen molar-refractivity contribution in [2.75, 3.05) is 6.54 Å². The summed E-state index contributed by atoms with van der Waals surface area (Å²) in [7, 11) is 0. The zero-order valence-corrected chi connectivity index (χ0v) is 44.4. The van der Waals surface area contributed by atoms with Gasteiger partial charge in [-0.05, 0) is 88.8 Å². The number of aromatic nitrogens is 1. The molecule has 0 aliphatic heterocycles. The molecule has 0 aliphatic carbocycles. The second-order valence-corrected chi connectivity index (χ2v) is 19.6. The van der Waals surface area contributed by atoms with Crippen LogP contribution in [0.2, 0.25) is 0 Å². The normalized spacial score (nSPS) is 16.6. The minimum absolute atomic E-state index is 0.0440. The van der Waals surface area contributed by atoms with Gasteiger partial charge in [0.05, 0.1) is 24.7 Å². The Morgan fingerprint density at radius 2 is 1.04 bits per heavy atom. The summed E-state index contributed by atoms with van der Waals surface area (Å²) in [5, 5.41) is 60.3. The summed E-state index contributed by atoms with van der Waals surface area (Å²) in [4.78, 5) is 135. The van der Waals surface area contributed by atoms with Crippen molar-refractivity contribution in [3.8, 4) is 0 Å². The molecule has 1 heterocycles. The number of carbonyl (C=O) groups excluding carboxylic acids is 8. The molecule has 75 heavy (non-hydrogen) atoms. The van der Waals surface area contributed by atoms with E-state index in [2.05, 4.69) is 42.2 Å². The highest BCUT2D eigenvalue weighted by atomic mass is 16.4. The number of carboxylic acid groups (broad SMARTS) is 2. The molecular weight excluding hydrogens is 979 g/mol. The van der Waals surface area contributed by atoms with Gasteiger partial charge in [-0.3, -0.25) is 43.2 Å². The zero-order chi connectivity index (χ0) is 56.9. The van der Waals surface area contributed by atoms with Gasteiger partial charge in [0, 0.05) is 17.1 Å². The van der Waals surface area contributed by atoms with Gasteiger partial charge in [0.15, 0.2) is 0 Å². The number of amides is 8. The SMILES string of the molecule is CC[C@H](C)[C@H](NC(=O)[C@H](CC(C)C)NC(=O)[C@@H](N)Cc1c[nH]c2ccccc12)C(=O)N[C@@H](C)C(=O)N[C@H](C(=O)N[C@@H](CCCCN)C(=O)N[C@H](C(=O)N[C@H](C(=O)N[C@@H](CC(=O)O)C(=O)O)[C@@H](C)O)[C@@H](C)CC)[C@@H](C)O. The smallest absolute Gasteiger partial charge is 0.326 e. The molecule has 2 aromatic rings. The first-order valence-corrected chi connectivity index (χ1v) is 25.4. The highest BCUT2D eigenvalue weighted by Crippen LogP contribution is 2.19. The van der Waals surface area contributed by atoms with Gasteiger partial charge in [0.1, 0.15) is 48.3 Å². The monoisotopic (exact) mass is 1060 g/mol. The fourth-order valence-corrected chi connectivity index (χ4v) is 7.88. The van der Waals surface area contributed by atoms with E-state index < -0.39 is 144 Å². The van der Waals surface area contributed by atoms with E-state index in [1.807, 2.05) is 43.4 Å². The Balaban J connectivity index is 2.25. The number of H-pyrrole nitrogens is 1. The molecule has 0 saturated heterocycles. The van der Waals surface area contributed by atoms with Crippen LogP contribution < -0.4 is 54.0 Å². The van der Waals surface area contributed by atoms with Crippen LogP contribution in [0.1, 0.15) is 113 Å². The lowest BCUT2D eigenvalue weighted by Crippen LogP contribution is -2.63. The van der Waals surface area contributed by atoms with Gasteiger partial charge >= 0.3 is 11.9 Å². The van der Waals surface area contributed by atoms with Crippen LogP contribution in [0.25, 0.3) is 10.9 Å². The molecule has 0 saturated carbocycles. The van der Waals surface area contributed by atoms with E-state index in [0.29, 0.717) is 12.8 Å². The molecular formula is C50H81N11O14. The molecule has 25 nitrogen and oxygen atoms in total. The molecule has 0 fully saturated rings. The van der Waals surface area contributed by atoms with Gasteiger partial charge < -0.3 is 79.4 Å². The van der Waals surface area contributed by atoms with Crippen LogP contribution >= 0.6 is 0 Å². The van der Waals surface area contributed by atoms with Gasteiger partial charge in [-0.25, -0.2) is 4.79 Å². The highest BCUT2D eigenvalue weighted by Gasteiger charge is 2.38. The Kier molecular flexibility index (Phi) is 26.8. The minimum atomic E-state index is -1.90. The topological polar surface area (TPSA) is 416 Å². The molecule has 0 aliphatic rings. The number of aliphatic hydroxyl groups is 2. The quantitative estimate of drug-likeness (QED) is 0.0363. The number of rotatable bonds is 33. The summed E-state index contributed by atoms with van der Waals surface area (Å²) in [5.41, 5.74) is 13.7. The van der Waals surface area contributed by atoms with Crippen LogP contribution in [0, 0.1) is 17.8 Å². The molecule has 2 rings (SSSR count). The Hall–Kier alpha value is -6.70. The van der Waals surface area contributed by atoms with Crippen molar-refractivity contribution in [2.24, 2.45) is 29.2 Å². The van der Waals surface area contributed by atoms with Crippen LogP contribution in [-0.2, 0) is 54.4 Å². The second-order valence-electron chi connectivity index (χ2n) is 19.6. The number of nitrogens with one attached hydrogen (secondary N) is 9. The Morgan fingerprint density at radius 1 is 0.573 bits per heavy atom. The molecule has 13 atom stereocenters. The number of carbonyl (C=O) groups is 10. The van der Waals surface area contributed by atoms with Crippen molar-refractivity contribution >= 4 is 70.1 Å². The molecule has 0 unspecified atom stereocenters. The number of nitrogens with two attached hydrogens (primary N) is 2. The number of para-hydroxylation sites is 1. The van der Waals surface area contributed by atoms with Gasteiger partial charge in [-0.1, -0.05) is 72.6 Å². The van der Waals surface area contributed by atoms with Crippen LogP contribution in [0.3, 0.4) is 0 Å².